The fraction of sp³-hybridized carbons (Fsp3) is 0.833. The Kier molecular flexibility index (Phi) is 5.88. The summed E-state index contributed by atoms with van der Waals surface area (Å²) in [5, 5.41) is 0. The minimum absolute atomic E-state index is 1.13. The molecule has 0 N–H and O–H groups in total. The lowest BCUT2D eigenvalue weighted by Crippen LogP contribution is -2.46. The van der Waals surface area contributed by atoms with Crippen LogP contribution in [-0.4, -0.2) is 49.1 Å². The molecule has 82 valence electrons. The molecule has 2 heteroatoms. The van der Waals surface area contributed by atoms with Crippen molar-refractivity contribution in [2.45, 2.75) is 26.2 Å². The molecule has 0 saturated carbocycles. The maximum atomic E-state index is 3.76. The normalized spacial score (nSPS) is 19.8. The molecule has 0 aromatic heterocycles. The van der Waals surface area contributed by atoms with Gasteiger partial charge in [-0.15, -0.1) is 6.58 Å². The van der Waals surface area contributed by atoms with Crippen molar-refractivity contribution in [3.05, 3.63) is 12.7 Å². The topological polar surface area (TPSA) is 6.48 Å². The van der Waals surface area contributed by atoms with E-state index >= 15 is 0 Å². The fourth-order valence-corrected chi connectivity index (χ4v) is 1.89. The van der Waals surface area contributed by atoms with Gasteiger partial charge in [0, 0.05) is 32.7 Å². The van der Waals surface area contributed by atoms with Gasteiger partial charge in [-0.25, -0.2) is 0 Å². The fourth-order valence-electron chi connectivity index (χ4n) is 1.89. The molecule has 0 bridgehead atoms. The van der Waals surface area contributed by atoms with Gasteiger partial charge in [-0.2, -0.15) is 0 Å². The quantitative estimate of drug-likeness (QED) is 0.599. The highest BCUT2D eigenvalue weighted by Crippen LogP contribution is 2.04. The van der Waals surface area contributed by atoms with Gasteiger partial charge in [0.05, 0.1) is 0 Å². The van der Waals surface area contributed by atoms with Gasteiger partial charge >= 0.3 is 0 Å². The summed E-state index contributed by atoms with van der Waals surface area (Å²) in [7, 11) is 0. The zero-order valence-corrected chi connectivity index (χ0v) is 9.54. The van der Waals surface area contributed by atoms with Gasteiger partial charge < -0.3 is 9.80 Å². The summed E-state index contributed by atoms with van der Waals surface area (Å²) >= 11 is 0. The lowest BCUT2D eigenvalue weighted by Gasteiger charge is -2.34. The average molecular weight is 196 g/mol. The largest absolute Gasteiger partial charge is 0.301 e. The summed E-state index contributed by atoms with van der Waals surface area (Å²) in [6.07, 6.45) is 5.82. The first-order valence-corrected chi connectivity index (χ1v) is 5.92. The number of hydrogen-bond acceptors (Lipinski definition) is 2. The highest BCUT2D eigenvalue weighted by atomic mass is 15.3. The molecule has 0 aromatic carbocycles. The van der Waals surface area contributed by atoms with Gasteiger partial charge in [0.25, 0.3) is 0 Å². The Balaban J connectivity index is 2.08. The molecule has 2 nitrogen and oxygen atoms in total. The Morgan fingerprint density at radius 1 is 1.07 bits per heavy atom. The van der Waals surface area contributed by atoms with Crippen LogP contribution in [0.4, 0.5) is 0 Å². The van der Waals surface area contributed by atoms with E-state index < -0.39 is 0 Å². The molecular weight excluding hydrogens is 172 g/mol. The SMILES string of the molecule is C=CCCN1CCN(CCCC)CC1. The predicted molar refractivity (Wildman–Crippen MR) is 62.6 cm³/mol. The van der Waals surface area contributed by atoms with Crippen LogP contribution in [-0.2, 0) is 0 Å². The van der Waals surface area contributed by atoms with Gasteiger partial charge in [-0.05, 0) is 19.4 Å². The molecule has 1 rings (SSSR count). The average Bonchev–Trinajstić information content (AvgIpc) is 2.25. The van der Waals surface area contributed by atoms with E-state index in [0.717, 1.165) is 6.42 Å². The van der Waals surface area contributed by atoms with Crippen LogP contribution in [0.25, 0.3) is 0 Å². The molecule has 0 amide bonds. The number of piperazine rings is 1. The minimum Gasteiger partial charge on any atom is -0.301 e. The second-order valence-electron chi connectivity index (χ2n) is 4.11. The summed E-state index contributed by atoms with van der Waals surface area (Å²) in [5.41, 5.74) is 0. The smallest absolute Gasteiger partial charge is 0.0110 e. The molecule has 0 aromatic rings. The van der Waals surface area contributed by atoms with Gasteiger partial charge in [0.15, 0.2) is 0 Å². The van der Waals surface area contributed by atoms with Crippen molar-refractivity contribution in [1.82, 2.24) is 9.80 Å². The maximum Gasteiger partial charge on any atom is 0.0110 e. The summed E-state index contributed by atoms with van der Waals surface area (Å²) < 4.78 is 0. The van der Waals surface area contributed by atoms with E-state index in [1.807, 2.05) is 6.08 Å². The highest BCUT2D eigenvalue weighted by molar-refractivity contribution is 4.75. The number of nitrogens with zero attached hydrogens (tertiary/aromatic N) is 2. The zero-order valence-electron chi connectivity index (χ0n) is 9.54. The van der Waals surface area contributed by atoms with Crippen LogP contribution in [0.2, 0.25) is 0 Å². The molecule has 0 unspecified atom stereocenters. The van der Waals surface area contributed by atoms with Crippen molar-refractivity contribution in [1.29, 1.82) is 0 Å². The van der Waals surface area contributed by atoms with Gasteiger partial charge in [0.2, 0.25) is 0 Å². The van der Waals surface area contributed by atoms with E-state index in [1.165, 1.54) is 52.1 Å². The molecule has 0 aliphatic carbocycles. The number of rotatable bonds is 6. The Morgan fingerprint density at radius 2 is 1.64 bits per heavy atom. The second-order valence-corrected chi connectivity index (χ2v) is 4.11. The molecule has 1 fully saturated rings. The lowest BCUT2D eigenvalue weighted by molar-refractivity contribution is 0.133. The van der Waals surface area contributed by atoms with Crippen LogP contribution < -0.4 is 0 Å². The van der Waals surface area contributed by atoms with E-state index in [-0.39, 0.29) is 0 Å². The van der Waals surface area contributed by atoms with Crippen LogP contribution in [0.1, 0.15) is 26.2 Å². The summed E-state index contributed by atoms with van der Waals surface area (Å²) in [6, 6.07) is 0. The van der Waals surface area contributed by atoms with E-state index in [1.54, 1.807) is 0 Å². The van der Waals surface area contributed by atoms with E-state index in [0.29, 0.717) is 0 Å². The molecule has 14 heavy (non-hydrogen) atoms. The Morgan fingerprint density at radius 3 is 2.14 bits per heavy atom. The van der Waals surface area contributed by atoms with Crippen molar-refractivity contribution >= 4 is 0 Å². The standard InChI is InChI=1S/C12H24N2/c1-3-5-7-13-9-11-14(12-10-13)8-6-4-2/h3H,1,4-12H2,2H3. The minimum atomic E-state index is 1.13. The first-order chi connectivity index (χ1) is 6.86. The Bertz CT molecular complexity index is 148. The molecule has 0 atom stereocenters. The molecule has 1 saturated heterocycles. The van der Waals surface area contributed by atoms with E-state index in [9.17, 15) is 0 Å². The third kappa shape index (κ3) is 4.25. The van der Waals surface area contributed by atoms with Crippen molar-refractivity contribution in [3.8, 4) is 0 Å². The number of hydrogen-bond donors (Lipinski definition) is 0. The molecular formula is C12H24N2. The molecule has 0 spiro atoms. The second kappa shape index (κ2) is 7.02. The van der Waals surface area contributed by atoms with Crippen molar-refractivity contribution < 1.29 is 0 Å². The monoisotopic (exact) mass is 196 g/mol. The third-order valence-corrected chi connectivity index (χ3v) is 2.94. The van der Waals surface area contributed by atoms with Gasteiger partial charge in [-0.3, -0.25) is 0 Å². The molecule has 1 aliphatic rings. The van der Waals surface area contributed by atoms with Gasteiger partial charge in [-0.1, -0.05) is 19.4 Å². The van der Waals surface area contributed by atoms with Crippen molar-refractivity contribution in [3.63, 3.8) is 0 Å². The van der Waals surface area contributed by atoms with Crippen molar-refractivity contribution in [2.75, 3.05) is 39.3 Å². The molecule has 1 heterocycles. The predicted octanol–water partition coefficient (Wildman–Crippen LogP) is 1.98. The van der Waals surface area contributed by atoms with Crippen LogP contribution in [0.5, 0.6) is 0 Å². The summed E-state index contributed by atoms with van der Waals surface area (Å²) in [5.74, 6) is 0. The first-order valence-electron chi connectivity index (χ1n) is 5.92. The first kappa shape index (κ1) is 11.7. The number of unbranched alkanes of at least 4 members (excludes halogenated alkanes) is 1. The van der Waals surface area contributed by atoms with E-state index in [4.69, 9.17) is 0 Å². The van der Waals surface area contributed by atoms with Crippen LogP contribution in [0, 0.1) is 0 Å². The Hall–Kier alpha value is -0.340. The van der Waals surface area contributed by atoms with Crippen LogP contribution >= 0.6 is 0 Å². The maximum absolute atomic E-state index is 3.76. The highest BCUT2D eigenvalue weighted by Gasteiger charge is 2.14. The van der Waals surface area contributed by atoms with Crippen LogP contribution in [0.15, 0.2) is 12.7 Å². The van der Waals surface area contributed by atoms with Gasteiger partial charge in [0.1, 0.15) is 0 Å². The summed E-state index contributed by atoms with van der Waals surface area (Å²) in [6.45, 7) is 13.5. The van der Waals surface area contributed by atoms with Crippen molar-refractivity contribution in [2.24, 2.45) is 0 Å². The van der Waals surface area contributed by atoms with Crippen LogP contribution in [0.3, 0.4) is 0 Å². The zero-order chi connectivity index (χ0) is 10.2. The summed E-state index contributed by atoms with van der Waals surface area (Å²) in [4.78, 5) is 5.14. The lowest BCUT2D eigenvalue weighted by atomic mass is 10.2. The van der Waals surface area contributed by atoms with E-state index in [2.05, 4.69) is 23.3 Å². The Labute approximate surface area is 88.6 Å². The molecule has 1 aliphatic heterocycles. The molecule has 0 radical (unpaired) electrons. The third-order valence-electron chi connectivity index (χ3n) is 2.94.